The first-order valence-corrected chi connectivity index (χ1v) is 5.27. The number of hydrogen-bond acceptors (Lipinski definition) is 1. The highest BCUT2D eigenvalue weighted by atomic mass is 19.3. The summed E-state index contributed by atoms with van der Waals surface area (Å²) < 4.78 is 26.6. The molecule has 1 fully saturated rings. The van der Waals surface area contributed by atoms with Gasteiger partial charge in [0.2, 0.25) is 0 Å². The normalized spacial score (nSPS) is 25.9. The van der Waals surface area contributed by atoms with Crippen molar-refractivity contribution < 1.29 is 8.78 Å². The van der Waals surface area contributed by atoms with E-state index in [1.54, 1.807) is 0 Å². The monoisotopic (exact) mass is 203 g/mol. The van der Waals surface area contributed by atoms with Crippen molar-refractivity contribution in [3.05, 3.63) is 11.6 Å². The first-order valence-electron chi connectivity index (χ1n) is 5.27. The van der Waals surface area contributed by atoms with Crippen molar-refractivity contribution in [2.24, 2.45) is 0 Å². The molecule has 1 N–H and O–H groups in total. The van der Waals surface area contributed by atoms with E-state index in [0.717, 1.165) is 12.0 Å². The van der Waals surface area contributed by atoms with Gasteiger partial charge in [-0.1, -0.05) is 18.1 Å². The van der Waals surface area contributed by atoms with Gasteiger partial charge in [-0.15, -0.1) is 0 Å². The summed E-state index contributed by atoms with van der Waals surface area (Å²) in [4.78, 5) is 0. The van der Waals surface area contributed by atoms with Crippen LogP contribution in [0.5, 0.6) is 0 Å². The molecule has 82 valence electrons. The zero-order chi connectivity index (χ0) is 10.6. The van der Waals surface area contributed by atoms with Crippen molar-refractivity contribution in [3.8, 4) is 0 Å². The quantitative estimate of drug-likeness (QED) is 0.695. The molecule has 0 amide bonds. The number of alkyl halides is 2. The van der Waals surface area contributed by atoms with Gasteiger partial charge in [0.25, 0.3) is 5.92 Å². The second-order valence-electron chi connectivity index (χ2n) is 4.25. The molecule has 1 unspecified atom stereocenters. The van der Waals surface area contributed by atoms with Gasteiger partial charge in [-0.2, -0.15) is 0 Å². The predicted octanol–water partition coefficient (Wildman–Crippen LogP) is 3.12. The maximum atomic E-state index is 13.3. The van der Waals surface area contributed by atoms with Crippen LogP contribution in [0.25, 0.3) is 0 Å². The Bertz CT molecular complexity index is 207. The van der Waals surface area contributed by atoms with Gasteiger partial charge in [0.15, 0.2) is 0 Å². The SMILES string of the molecule is CC(C)=CCNC1CCCCC1(F)F. The van der Waals surface area contributed by atoms with Gasteiger partial charge in [-0.05, 0) is 26.7 Å². The van der Waals surface area contributed by atoms with Crippen LogP contribution in [0, 0.1) is 0 Å². The van der Waals surface area contributed by atoms with Crippen LogP contribution in [0.4, 0.5) is 8.78 Å². The van der Waals surface area contributed by atoms with E-state index < -0.39 is 12.0 Å². The molecular formula is C11H19F2N. The third-order valence-electron chi connectivity index (χ3n) is 2.64. The highest BCUT2D eigenvalue weighted by Gasteiger charge is 2.40. The van der Waals surface area contributed by atoms with Gasteiger partial charge in [-0.3, -0.25) is 0 Å². The Morgan fingerprint density at radius 1 is 1.43 bits per heavy atom. The van der Waals surface area contributed by atoms with E-state index >= 15 is 0 Å². The smallest absolute Gasteiger partial charge is 0.263 e. The fraction of sp³-hybridized carbons (Fsp3) is 0.818. The Morgan fingerprint density at radius 3 is 2.71 bits per heavy atom. The number of allylic oxidation sites excluding steroid dienone is 1. The third kappa shape index (κ3) is 3.37. The maximum Gasteiger partial charge on any atom is 0.263 e. The van der Waals surface area contributed by atoms with Gasteiger partial charge in [-0.25, -0.2) is 8.78 Å². The number of nitrogens with one attached hydrogen (secondary N) is 1. The molecular weight excluding hydrogens is 184 g/mol. The van der Waals surface area contributed by atoms with Crippen LogP contribution in [0.15, 0.2) is 11.6 Å². The maximum absolute atomic E-state index is 13.3. The molecule has 1 aliphatic rings. The second-order valence-corrected chi connectivity index (χ2v) is 4.25. The summed E-state index contributed by atoms with van der Waals surface area (Å²) in [5, 5.41) is 2.92. The van der Waals surface area contributed by atoms with E-state index in [2.05, 4.69) is 5.32 Å². The van der Waals surface area contributed by atoms with Gasteiger partial charge < -0.3 is 5.32 Å². The van der Waals surface area contributed by atoms with Crippen LogP contribution in [-0.4, -0.2) is 18.5 Å². The van der Waals surface area contributed by atoms with E-state index in [4.69, 9.17) is 0 Å². The largest absolute Gasteiger partial charge is 0.305 e. The lowest BCUT2D eigenvalue weighted by atomic mass is 9.91. The van der Waals surface area contributed by atoms with E-state index in [1.165, 1.54) is 0 Å². The molecule has 0 aromatic carbocycles. The van der Waals surface area contributed by atoms with Crippen molar-refractivity contribution in [3.63, 3.8) is 0 Å². The molecule has 3 heteroatoms. The average Bonchev–Trinajstić information content (AvgIpc) is 2.07. The lowest BCUT2D eigenvalue weighted by molar-refractivity contribution is -0.0625. The van der Waals surface area contributed by atoms with Crippen LogP contribution in [-0.2, 0) is 0 Å². The van der Waals surface area contributed by atoms with E-state index in [0.29, 0.717) is 19.4 Å². The highest BCUT2D eigenvalue weighted by Crippen LogP contribution is 2.33. The van der Waals surface area contributed by atoms with Gasteiger partial charge >= 0.3 is 0 Å². The molecule has 1 saturated carbocycles. The summed E-state index contributed by atoms with van der Waals surface area (Å²) in [5.41, 5.74) is 1.16. The summed E-state index contributed by atoms with van der Waals surface area (Å²) >= 11 is 0. The predicted molar refractivity (Wildman–Crippen MR) is 54.6 cm³/mol. The molecule has 0 bridgehead atoms. The topological polar surface area (TPSA) is 12.0 Å². The zero-order valence-electron chi connectivity index (χ0n) is 8.95. The molecule has 14 heavy (non-hydrogen) atoms. The Balaban J connectivity index is 2.38. The molecule has 0 radical (unpaired) electrons. The zero-order valence-corrected chi connectivity index (χ0v) is 8.95. The summed E-state index contributed by atoms with van der Waals surface area (Å²) in [5.74, 6) is -2.51. The van der Waals surface area contributed by atoms with E-state index in [9.17, 15) is 8.78 Å². The Hall–Kier alpha value is -0.440. The van der Waals surface area contributed by atoms with Crippen LogP contribution in [0.1, 0.15) is 39.5 Å². The second kappa shape index (κ2) is 4.87. The van der Waals surface area contributed by atoms with Gasteiger partial charge in [0.1, 0.15) is 0 Å². The molecule has 0 spiro atoms. The van der Waals surface area contributed by atoms with E-state index in [1.807, 2.05) is 19.9 Å². The van der Waals surface area contributed by atoms with E-state index in [-0.39, 0.29) is 6.42 Å². The van der Waals surface area contributed by atoms with Crippen molar-refractivity contribution in [1.82, 2.24) is 5.32 Å². The highest BCUT2D eigenvalue weighted by molar-refractivity contribution is 4.96. The summed E-state index contributed by atoms with van der Waals surface area (Å²) in [6.07, 6.45) is 4.17. The molecule has 1 nitrogen and oxygen atoms in total. The third-order valence-corrected chi connectivity index (χ3v) is 2.64. The summed E-state index contributed by atoms with van der Waals surface area (Å²) in [6.45, 7) is 4.50. The lowest BCUT2D eigenvalue weighted by Gasteiger charge is -2.31. The van der Waals surface area contributed by atoms with Gasteiger partial charge in [0, 0.05) is 13.0 Å². The fourth-order valence-electron chi connectivity index (χ4n) is 1.75. The fourth-order valence-corrected chi connectivity index (χ4v) is 1.75. The Labute approximate surface area is 84.6 Å². The van der Waals surface area contributed by atoms with Crippen molar-refractivity contribution in [1.29, 1.82) is 0 Å². The molecule has 1 rings (SSSR count). The molecule has 0 heterocycles. The van der Waals surface area contributed by atoms with Crippen LogP contribution >= 0.6 is 0 Å². The molecule has 0 aliphatic heterocycles. The summed E-state index contributed by atoms with van der Waals surface area (Å²) in [7, 11) is 0. The molecule has 0 saturated heterocycles. The van der Waals surface area contributed by atoms with Gasteiger partial charge in [0.05, 0.1) is 6.04 Å². The Kier molecular flexibility index (Phi) is 4.05. The molecule has 1 atom stereocenters. The standard InChI is InChI=1S/C11H19F2N/c1-9(2)6-8-14-10-5-3-4-7-11(10,12)13/h6,10,14H,3-5,7-8H2,1-2H3. The number of halogens is 2. The van der Waals surface area contributed by atoms with Crippen LogP contribution in [0.3, 0.4) is 0 Å². The summed E-state index contributed by atoms with van der Waals surface area (Å²) in [6, 6.07) is -0.619. The number of hydrogen-bond donors (Lipinski definition) is 1. The minimum Gasteiger partial charge on any atom is -0.305 e. The minimum atomic E-state index is -2.51. The Morgan fingerprint density at radius 2 is 2.14 bits per heavy atom. The molecule has 0 aromatic heterocycles. The van der Waals surface area contributed by atoms with Crippen LogP contribution < -0.4 is 5.32 Å². The van der Waals surface area contributed by atoms with Crippen molar-refractivity contribution in [2.75, 3.05) is 6.54 Å². The minimum absolute atomic E-state index is 0.0412. The number of rotatable bonds is 3. The molecule has 1 aliphatic carbocycles. The first-order chi connectivity index (χ1) is 6.52. The average molecular weight is 203 g/mol. The molecule has 0 aromatic rings. The first kappa shape index (κ1) is 11.6. The van der Waals surface area contributed by atoms with Crippen LogP contribution in [0.2, 0.25) is 0 Å². The lowest BCUT2D eigenvalue weighted by Crippen LogP contribution is -2.47. The van der Waals surface area contributed by atoms with Crippen molar-refractivity contribution in [2.45, 2.75) is 51.5 Å². The van der Waals surface area contributed by atoms with Crippen molar-refractivity contribution >= 4 is 0 Å².